The van der Waals surface area contributed by atoms with Crippen molar-refractivity contribution in [1.29, 1.82) is 0 Å². The molecule has 0 saturated carbocycles. The van der Waals surface area contributed by atoms with Crippen molar-refractivity contribution in [2.75, 3.05) is 13.1 Å². The van der Waals surface area contributed by atoms with Gasteiger partial charge in [0.15, 0.2) is 0 Å². The molecule has 4 heteroatoms. The van der Waals surface area contributed by atoms with Crippen LogP contribution in [-0.4, -0.2) is 29.9 Å². The van der Waals surface area contributed by atoms with Crippen molar-refractivity contribution in [1.82, 2.24) is 10.2 Å². The molecule has 1 saturated heterocycles. The van der Waals surface area contributed by atoms with E-state index < -0.39 is 0 Å². The Hall–Kier alpha value is -2.36. The van der Waals surface area contributed by atoms with E-state index in [1.165, 1.54) is 21.9 Å². The predicted octanol–water partition coefficient (Wildman–Crippen LogP) is 6.01. The molecule has 0 bridgehead atoms. The van der Waals surface area contributed by atoms with Gasteiger partial charge in [0.05, 0.1) is 6.04 Å². The summed E-state index contributed by atoms with van der Waals surface area (Å²) >= 11 is 6.03. The number of nitrogens with one attached hydrogen (secondary N) is 1. The largest absolute Gasteiger partial charge is 0.341 e. The first-order valence-corrected chi connectivity index (χ1v) is 11.6. The number of hydrogen-bond donors (Lipinski definition) is 1. The molecule has 1 N–H and O–H groups in total. The lowest BCUT2D eigenvalue weighted by atomic mass is 9.89. The standard InChI is InChI=1S/C27H31ClN2O/c1-19(2)26(29-18-23-8-5-7-22-6-3-4-9-25(22)23)27(31)30-16-14-21(15-17-30)20-10-12-24(28)13-11-20/h3-13,19,21,26,29H,14-18H2,1-2H3. The summed E-state index contributed by atoms with van der Waals surface area (Å²) in [6, 6.07) is 22.8. The van der Waals surface area contributed by atoms with Crippen molar-refractivity contribution in [3.05, 3.63) is 82.9 Å². The summed E-state index contributed by atoms with van der Waals surface area (Å²) in [6.07, 6.45) is 2.00. The molecule has 0 aliphatic carbocycles. The fourth-order valence-electron chi connectivity index (χ4n) is 4.64. The highest BCUT2D eigenvalue weighted by molar-refractivity contribution is 6.30. The minimum atomic E-state index is -0.175. The second-order valence-electron chi connectivity index (χ2n) is 8.89. The van der Waals surface area contributed by atoms with E-state index in [9.17, 15) is 4.79 Å². The van der Waals surface area contributed by atoms with E-state index >= 15 is 0 Å². The zero-order valence-electron chi connectivity index (χ0n) is 18.4. The van der Waals surface area contributed by atoms with Gasteiger partial charge in [-0.3, -0.25) is 4.79 Å². The number of likely N-dealkylation sites (tertiary alicyclic amines) is 1. The maximum absolute atomic E-state index is 13.4. The number of amides is 1. The Kier molecular flexibility index (Phi) is 6.94. The van der Waals surface area contributed by atoms with E-state index in [2.05, 4.69) is 73.8 Å². The van der Waals surface area contributed by atoms with Crippen LogP contribution >= 0.6 is 11.6 Å². The third kappa shape index (κ3) is 5.11. The maximum atomic E-state index is 13.4. The average Bonchev–Trinajstić information content (AvgIpc) is 2.79. The van der Waals surface area contributed by atoms with Gasteiger partial charge in [-0.15, -0.1) is 0 Å². The Morgan fingerprint density at radius 2 is 1.68 bits per heavy atom. The summed E-state index contributed by atoms with van der Waals surface area (Å²) in [5.41, 5.74) is 2.56. The third-order valence-corrected chi connectivity index (χ3v) is 6.73. The number of carbonyl (C=O) groups excluding carboxylic acids is 1. The molecule has 1 aliphatic heterocycles. The van der Waals surface area contributed by atoms with E-state index in [-0.39, 0.29) is 17.9 Å². The highest BCUT2D eigenvalue weighted by Crippen LogP contribution is 2.29. The molecule has 3 nitrogen and oxygen atoms in total. The molecule has 1 amide bonds. The van der Waals surface area contributed by atoms with Crippen molar-refractivity contribution in [2.24, 2.45) is 5.92 Å². The SMILES string of the molecule is CC(C)C(NCc1cccc2ccccc12)C(=O)N1CCC(c2ccc(Cl)cc2)CC1. The molecular weight excluding hydrogens is 404 g/mol. The number of nitrogens with zero attached hydrogens (tertiary/aromatic N) is 1. The van der Waals surface area contributed by atoms with Gasteiger partial charge in [0, 0.05) is 24.7 Å². The Labute approximate surface area is 190 Å². The van der Waals surface area contributed by atoms with Crippen LogP contribution in [0.3, 0.4) is 0 Å². The molecule has 0 spiro atoms. The van der Waals surface area contributed by atoms with Crippen LogP contribution < -0.4 is 5.32 Å². The van der Waals surface area contributed by atoms with Crippen LogP contribution in [0.2, 0.25) is 5.02 Å². The van der Waals surface area contributed by atoms with Crippen LogP contribution in [-0.2, 0) is 11.3 Å². The predicted molar refractivity (Wildman–Crippen MR) is 129 cm³/mol. The number of rotatable bonds is 6. The zero-order chi connectivity index (χ0) is 21.8. The molecule has 0 aromatic heterocycles. The maximum Gasteiger partial charge on any atom is 0.239 e. The van der Waals surface area contributed by atoms with E-state index in [4.69, 9.17) is 11.6 Å². The molecule has 4 rings (SSSR count). The highest BCUT2D eigenvalue weighted by atomic mass is 35.5. The van der Waals surface area contributed by atoms with Gasteiger partial charge >= 0.3 is 0 Å². The Balaban J connectivity index is 1.39. The first-order chi connectivity index (χ1) is 15.0. The summed E-state index contributed by atoms with van der Waals surface area (Å²) in [5.74, 6) is 0.962. The minimum Gasteiger partial charge on any atom is -0.341 e. The van der Waals surface area contributed by atoms with Gasteiger partial charge in [0.25, 0.3) is 0 Å². The molecule has 1 atom stereocenters. The molecular formula is C27H31ClN2O. The van der Waals surface area contributed by atoms with Crippen LogP contribution in [0.4, 0.5) is 0 Å². The monoisotopic (exact) mass is 434 g/mol. The summed E-state index contributed by atoms with van der Waals surface area (Å²) in [4.78, 5) is 15.4. The Morgan fingerprint density at radius 1 is 1.00 bits per heavy atom. The zero-order valence-corrected chi connectivity index (χ0v) is 19.1. The highest BCUT2D eigenvalue weighted by Gasteiger charge is 2.30. The molecule has 0 radical (unpaired) electrons. The van der Waals surface area contributed by atoms with Crippen molar-refractivity contribution < 1.29 is 4.79 Å². The van der Waals surface area contributed by atoms with Gasteiger partial charge in [0.2, 0.25) is 5.91 Å². The lowest BCUT2D eigenvalue weighted by molar-refractivity contribution is -0.135. The molecule has 1 aliphatic rings. The molecule has 1 fully saturated rings. The first-order valence-electron chi connectivity index (χ1n) is 11.3. The second kappa shape index (κ2) is 9.84. The molecule has 3 aromatic rings. The van der Waals surface area contributed by atoms with Crippen molar-refractivity contribution in [2.45, 2.75) is 45.2 Å². The molecule has 31 heavy (non-hydrogen) atoms. The lowest BCUT2D eigenvalue weighted by Crippen LogP contribution is -2.51. The number of carbonyl (C=O) groups is 1. The van der Waals surface area contributed by atoms with Crippen LogP contribution in [0.1, 0.15) is 43.7 Å². The van der Waals surface area contributed by atoms with Gasteiger partial charge in [-0.2, -0.15) is 0 Å². The van der Waals surface area contributed by atoms with Gasteiger partial charge in [-0.25, -0.2) is 0 Å². The quantitative estimate of drug-likeness (QED) is 0.515. The molecule has 3 aromatic carbocycles. The summed E-state index contributed by atoms with van der Waals surface area (Å²) in [5, 5.41) is 6.82. The number of halogens is 1. The van der Waals surface area contributed by atoms with Crippen molar-refractivity contribution >= 4 is 28.3 Å². The number of benzene rings is 3. The van der Waals surface area contributed by atoms with E-state index in [1.807, 2.05) is 17.0 Å². The van der Waals surface area contributed by atoms with Crippen LogP contribution in [0.25, 0.3) is 10.8 Å². The van der Waals surface area contributed by atoms with Gasteiger partial charge < -0.3 is 10.2 Å². The average molecular weight is 435 g/mol. The smallest absolute Gasteiger partial charge is 0.239 e. The second-order valence-corrected chi connectivity index (χ2v) is 9.33. The van der Waals surface area contributed by atoms with Gasteiger partial charge in [-0.05, 0) is 58.7 Å². The Morgan fingerprint density at radius 3 is 2.39 bits per heavy atom. The number of hydrogen-bond acceptors (Lipinski definition) is 2. The minimum absolute atomic E-state index is 0.175. The third-order valence-electron chi connectivity index (χ3n) is 6.47. The van der Waals surface area contributed by atoms with Crippen LogP contribution in [0.15, 0.2) is 66.7 Å². The van der Waals surface area contributed by atoms with Crippen molar-refractivity contribution in [3.63, 3.8) is 0 Å². The summed E-state index contributed by atoms with van der Waals surface area (Å²) in [6.45, 7) is 6.56. The van der Waals surface area contributed by atoms with E-state index in [0.29, 0.717) is 12.5 Å². The topological polar surface area (TPSA) is 32.3 Å². The van der Waals surface area contributed by atoms with Crippen LogP contribution in [0, 0.1) is 5.92 Å². The fraction of sp³-hybridized carbons (Fsp3) is 0.370. The fourth-order valence-corrected chi connectivity index (χ4v) is 4.77. The normalized spacial score (nSPS) is 16.1. The first kappa shape index (κ1) is 21.9. The Bertz CT molecular complexity index is 1020. The van der Waals surface area contributed by atoms with E-state index in [0.717, 1.165) is 31.0 Å². The van der Waals surface area contributed by atoms with Gasteiger partial charge in [-0.1, -0.05) is 80.0 Å². The van der Waals surface area contributed by atoms with Crippen LogP contribution in [0.5, 0.6) is 0 Å². The molecule has 1 heterocycles. The van der Waals surface area contributed by atoms with Crippen molar-refractivity contribution in [3.8, 4) is 0 Å². The summed E-state index contributed by atoms with van der Waals surface area (Å²) in [7, 11) is 0. The summed E-state index contributed by atoms with van der Waals surface area (Å²) < 4.78 is 0. The number of fused-ring (bicyclic) bond motifs is 1. The molecule has 162 valence electrons. The molecule has 1 unspecified atom stereocenters. The van der Waals surface area contributed by atoms with Gasteiger partial charge in [0.1, 0.15) is 0 Å². The lowest BCUT2D eigenvalue weighted by Gasteiger charge is -2.35. The van der Waals surface area contributed by atoms with E-state index in [1.54, 1.807) is 0 Å². The number of piperidine rings is 1.